The van der Waals surface area contributed by atoms with Gasteiger partial charge >= 0.3 is 0 Å². The molecule has 14 heavy (non-hydrogen) atoms. The highest BCUT2D eigenvalue weighted by atomic mass is 32.1. The molecule has 2 unspecified atom stereocenters. The van der Waals surface area contributed by atoms with Gasteiger partial charge in [-0.05, 0) is 48.7 Å². The summed E-state index contributed by atoms with van der Waals surface area (Å²) >= 11 is 1.89. The van der Waals surface area contributed by atoms with E-state index < -0.39 is 0 Å². The van der Waals surface area contributed by atoms with Gasteiger partial charge in [-0.15, -0.1) is 11.3 Å². The highest BCUT2D eigenvalue weighted by Crippen LogP contribution is 2.58. The van der Waals surface area contributed by atoms with E-state index in [9.17, 15) is 0 Å². The first-order valence-corrected chi connectivity index (χ1v) is 6.15. The first-order valence-electron chi connectivity index (χ1n) is 5.27. The van der Waals surface area contributed by atoms with Gasteiger partial charge in [0.1, 0.15) is 0 Å². The van der Waals surface area contributed by atoms with Crippen LogP contribution in [0.3, 0.4) is 0 Å². The van der Waals surface area contributed by atoms with Crippen LogP contribution in [0.2, 0.25) is 0 Å². The van der Waals surface area contributed by atoms with Crippen LogP contribution in [0.4, 0.5) is 0 Å². The van der Waals surface area contributed by atoms with Crippen LogP contribution in [0.25, 0.3) is 0 Å². The molecular formula is C12H19NS. The molecule has 1 aliphatic carbocycles. The SMILES string of the molecule is CNC(c1sccc1C)C1CC1(C)C. The molecule has 1 fully saturated rings. The predicted octanol–water partition coefficient (Wildman–Crippen LogP) is 3.36. The van der Waals surface area contributed by atoms with E-state index in [0.717, 1.165) is 5.92 Å². The summed E-state index contributed by atoms with van der Waals surface area (Å²) in [7, 11) is 2.08. The molecule has 1 aliphatic rings. The molecule has 78 valence electrons. The third kappa shape index (κ3) is 1.61. The fourth-order valence-electron chi connectivity index (χ4n) is 2.29. The highest BCUT2D eigenvalue weighted by molar-refractivity contribution is 7.10. The smallest absolute Gasteiger partial charge is 0.0449 e. The first kappa shape index (κ1) is 10.2. The van der Waals surface area contributed by atoms with Crippen molar-refractivity contribution in [2.45, 2.75) is 33.2 Å². The first-order chi connectivity index (χ1) is 6.56. The van der Waals surface area contributed by atoms with Crippen molar-refractivity contribution in [2.75, 3.05) is 7.05 Å². The van der Waals surface area contributed by atoms with E-state index in [-0.39, 0.29) is 0 Å². The molecule has 0 spiro atoms. The molecule has 1 nitrogen and oxygen atoms in total. The Morgan fingerprint density at radius 2 is 2.21 bits per heavy atom. The van der Waals surface area contributed by atoms with Gasteiger partial charge in [-0.1, -0.05) is 13.8 Å². The van der Waals surface area contributed by atoms with E-state index in [4.69, 9.17) is 0 Å². The zero-order valence-corrected chi connectivity index (χ0v) is 10.2. The second kappa shape index (κ2) is 3.35. The molecule has 0 aromatic carbocycles. The third-order valence-corrected chi connectivity index (χ3v) is 4.59. The maximum atomic E-state index is 3.47. The maximum Gasteiger partial charge on any atom is 0.0449 e. The van der Waals surface area contributed by atoms with Crippen molar-refractivity contribution in [1.82, 2.24) is 5.32 Å². The van der Waals surface area contributed by atoms with Crippen LogP contribution in [0.5, 0.6) is 0 Å². The zero-order chi connectivity index (χ0) is 10.3. The Bertz CT molecular complexity index is 327. The minimum Gasteiger partial charge on any atom is -0.312 e. The van der Waals surface area contributed by atoms with Crippen molar-refractivity contribution in [2.24, 2.45) is 11.3 Å². The number of nitrogens with one attached hydrogen (secondary N) is 1. The van der Waals surface area contributed by atoms with Gasteiger partial charge in [-0.25, -0.2) is 0 Å². The number of thiophene rings is 1. The van der Waals surface area contributed by atoms with Crippen LogP contribution in [0.15, 0.2) is 11.4 Å². The summed E-state index contributed by atoms with van der Waals surface area (Å²) in [5.41, 5.74) is 1.99. The monoisotopic (exact) mass is 209 g/mol. The summed E-state index contributed by atoms with van der Waals surface area (Å²) in [5, 5.41) is 5.67. The van der Waals surface area contributed by atoms with Crippen LogP contribution < -0.4 is 5.32 Å². The summed E-state index contributed by atoms with van der Waals surface area (Å²) in [4.78, 5) is 1.53. The zero-order valence-electron chi connectivity index (χ0n) is 9.42. The van der Waals surface area contributed by atoms with E-state index in [1.807, 2.05) is 11.3 Å². The summed E-state index contributed by atoms with van der Waals surface area (Å²) in [6.07, 6.45) is 1.36. The number of rotatable bonds is 3. The van der Waals surface area contributed by atoms with Crippen LogP contribution in [0, 0.1) is 18.3 Å². The summed E-state index contributed by atoms with van der Waals surface area (Å²) in [5.74, 6) is 0.824. The minimum absolute atomic E-state index is 0.546. The lowest BCUT2D eigenvalue weighted by Crippen LogP contribution is -2.20. The lowest BCUT2D eigenvalue weighted by molar-refractivity contribution is 0.445. The van der Waals surface area contributed by atoms with E-state index in [1.54, 1.807) is 0 Å². The van der Waals surface area contributed by atoms with Crippen molar-refractivity contribution in [1.29, 1.82) is 0 Å². The fraction of sp³-hybridized carbons (Fsp3) is 0.667. The van der Waals surface area contributed by atoms with Crippen LogP contribution >= 0.6 is 11.3 Å². The second-order valence-corrected chi connectivity index (χ2v) is 5.98. The van der Waals surface area contributed by atoms with Crippen LogP contribution in [-0.4, -0.2) is 7.05 Å². The predicted molar refractivity (Wildman–Crippen MR) is 62.7 cm³/mol. The molecule has 2 rings (SSSR count). The van der Waals surface area contributed by atoms with Gasteiger partial charge in [0.25, 0.3) is 0 Å². The lowest BCUT2D eigenvalue weighted by Gasteiger charge is -2.17. The van der Waals surface area contributed by atoms with Crippen molar-refractivity contribution >= 4 is 11.3 Å². The average molecular weight is 209 g/mol. The Morgan fingerprint density at radius 3 is 2.57 bits per heavy atom. The fourth-order valence-corrected chi connectivity index (χ4v) is 3.40. The molecule has 1 saturated carbocycles. The Labute approximate surface area is 90.5 Å². The Kier molecular flexibility index (Phi) is 2.44. The summed E-state index contributed by atoms with van der Waals surface area (Å²) in [6, 6.07) is 2.80. The van der Waals surface area contributed by atoms with E-state index in [2.05, 4.69) is 44.6 Å². The quantitative estimate of drug-likeness (QED) is 0.805. The molecule has 2 atom stereocenters. The number of hydrogen-bond donors (Lipinski definition) is 1. The van der Waals surface area contributed by atoms with E-state index in [1.165, 1.54) is 16.9 Å². The van der Waals surface area contributed by atoms with E-state index >= 15 is 0 Å². The molecule has 0 aliphatic heterocycles. The molecule has 1 aromatic rings. The molecule has 1 aromatic heterocycles. The normalized spacial score (nSPS) is 26.1. The van der Waals surface area contributed by atoms with Crippen molar-refractivity contribution in [3.63, 3.8) is 0 Å². The van der Waals surface area contributed by atoms with Gasteiger partial charge in [0.15, 0.2) is 0 Å². The van der Waals surface area contributed by atoms with Gasteiger partial charge in [0, 0.05) is 10.9 Å². The second-order valence-electron chi connectivity index (χ2n) is 5.03. The van der Waals surface area contributed by atoms with Crippen LogP contribution in [0.1, 0.15) is 36.8 Å². The van der Waals surface area contributed by atoms with Crippen molar-refractivity contribution < 1.29 is 0 Å². The maximum absolute atomic E-state index is 3.47. The van der Waals surface area contributed by atoms with Gasteiger partial charge in [0.05, 0.1) is 0 Å². The Morgan fingerprint density at radius 1 is 1.57 bits per heavy atom. The number of hydrogen-bond acceptors (Lipinski definition) is 2. The standard InChI is InChI=1S/C12H19NS/c1-8-5-6-14-11(8)10(13-4)9-7-12(9,2)3/h5-6,9-10,13H,7H2,1-4H3. The number of aryl methyl sites for hydroxylation is 1. The van der Waals surface area contributed by atoms with Gasteiger partial charge in [0.2, 0.25) is 0 Å². The highest BCUT2D eigenvalue weighted by Gasteiger charge is 2.50. The molecule has 0 saturated heterocycles. The minimum atomic E-state index is 0.546. The van der Waals surface area contributed by atoms with Gasteiger partial charge < -0.3 is 5.32 Å². The molecule has 0 radical (unpaired) electrons. The molecule has 2 heteroatoms. The van der Waals surface area contributed by atoms with Crippen LogP contribution in [-0.2, 0) is 0 Å². The lowest BCUT2D eigenvalue weighted by atomic mass is 10.0. The molecule has 1 heterocycles. The topological polar surface area (TPSA) is 12.0 Å². The van der Waals surface area contributed by atoms with Gasteiger partial charge in [-0.2, -0.15) is 0 Å². The molecule has 0 bridgehead atoms. The molecule has 0 amide bonds. The van der Waals surface area contributed by atoms with E-state index in [0.29, 0.717) is 11.5 Å². The Balaban J connectivity index is 2.20. The van der Waals surface area contributed by atoms with Crippen molar-refractivity contribution in [3.05, 3.63) is 21.9 Å². The molecule has 1 N–H and O–H groups in total. The van der Waals surface area contributed by atoms with Gasteiger partial charge in [-0.3, -0.25) is 0 Å². The Hall–Kier alpha value is -0.340. The molecular weight excluding hydrogens is 190 g/mol. The third-order valence-electron chi connectivity index (χ3n) is 3.49. The average Bonchev–Trinajstić information content (AvgIpc) is 2.55. The summed E-state index contributed by atoms with van der Waals surface area (Å²) < 4.78 is 0. The van der Waals surface area contributed by atoms with Crippen molar-refractivity contribution in [3.8, 4) is 0 Å². The largest absolute Gasteiger partial charge is 0.312 e. The summed E-state index contributed by atoms with van der Waals surface area (Å²) in [6.45, 7) is 6.95.